The molecule has 2 N–H and O–H groups in total. The minimum Gasteiger partial charge on any atom is -0.390 e. The van der Waals surface area contributed by atoms with Gasteiger partial charge < -0.3 is 20.0 Å². The van der Waals surface area contributed by atoms with Crippen LogP contribution in [0.5, 0.6) is 0 Å². The molecule has 0 bridgehead atoms. The van der Waals surface area contributed by atoms with E-state index in [-0.39, 0.29) is 60.4 Å². The molecule has 0 spiro atoms. The summed E-state index contributed by atoms with van der Waals surface area (Å²) in [6, 6.07) is 6.31. The highest BCUT2D eigenvalue weighted by molar-refractivity contribution is 7.92. The number of carbonyl (C=O) groups is 1. The fourth-order valence-electron chi connectivity index (χ4n) is 5.15. The molecule has 1 saturated heterocycles. The van der Waals surface area contributed by atoms with E-state index in [1.807, 2.05) is 0 Å². The number of rotatable bonds is 6. The van der Waals surface area contributed by atoms with E-state index in [0.717, 1.165) is 40.7 Å². The monoisotopic (exact) mass is 573 g/mol. The van der Waals surface area contributed by atoms with Gasteiger partial charge in [0.1, 0.15) is 5.82 Å². The number of sulfonamides is 1. The second kappa shape index (κ2) is 10.3. The highest BCUT2D eigenvalue weighted by atomic mass is 32.2. The van der Waals surface area contributed by atoms with Crippen LogP contribution in [0.4, 0.5) is 23.2 Å². The molecule has 2 aromatic rings. The molecule has 2 aromatic carbocycles. The van der Waals surface area contributed by atoms with Crippen LogP contribution in [-0.2, 0) is 26.8 Å². The Balaban J connectivity index is 1.72. The predicted molar refractivity (Wildman–Crippen MR) is 135 cm³/mol. The Labute approximate surface area is 224 Å². The predicted octanol–water partition coefficient (Wildman–Crippen LogP) is 2.63. The van der Waals surface area contributed by atoms with Gasteiger partial charge in [-0.15, -0.1) is 0 Å². The van der Waals surface area contributed by atoms with Crippen molar-refractivity contribution in [3.8, 4) is 0 Å². The Kier molecular flexibility index (Phi) is 7.76. The van der Waals surface area contributed by atoms with Gasteiger partial charge in [-0.05, 0) is 75.3 Å². The molecule has 0 radical (unpaired) electrons. The number of hydrogen-bond acceptors (Lipinski definition) is 6. The lowest BCUT2D eigenvalue weighted by Crippen LogP contribution is -2.47. The van der Waals surface area contributed by atoms with Gasteiger partial charge in [0.15, 0.2) is 5.60 Å². The quantitative estimate of drug-likeness (QED) is 0.516. The molecule has 4 rings (SSSR count). The number of alkyl halides is 3. The molecule has 214 valence electrons. The third-order valence-electron chi connectivity index (χ3n) is 7.57. The molecule has 1 amide bonds. The van der Waals surface area contributed by atoms with E-state index in [9.17, 15) is 41.0 Å². The van der Waals surface area contributed by atoms with E-state index < -0.39 is 45.3 Å². The topological polar surface area (TPSA) is 101 Å². The van der Waals surface area contributed by atoms with E-state index in [1.54, 1.807) is 19.0 Å². The summed E-state index contributed by atoms with van der Waals surface area (Å²) < 4.78 is 82.6. The number of likely N-dealkylation sites (N-methyl/N-ethyl adjacent to an activating group) is 1. The molecular formula is C26H31F4N3O5S. The van der Waals surface area contributed by atoms with Gasteiger partial charge in [-0.25, -0.2) is 12.8 Å². The summed E-state index contributed by atoms with van der Waals surface area (Å²) in [7, 11) is -0.810. The second-order valence-corrected chi connectivity index (χ2v) is 12.3. The van der Waals surface area contributed by atoms with E-state index in [0.29, 0.717) is 6.92 Å². The molecule has 1 fully saturated rings. The number of amides is 1. The summed E-state index contributed by atoms with van der Waals surface area (Å²) >= 11 is 0. The first kappa shape index (κ1) is 29.2. The molecule has 2 aliphatic rings. The number of aryl methyl sites for hydroxylation is 1. The van der Waals surface area contributed by atoms with Crippen LogP contribution in [-0.4, -0.2) is 85.9 Å². The zero-order valence-electron chi connectivity index (χ0n) is 21.7. The third-order valence-corrected chi connectivity index (χ3v) is 9.45. The Bertz CT molecular complexity index is 1330. The summed E-state index contributed by atoms with van der Waals surface area (Å²) in [5.41, 5.74) is -3.26. The van der Waals surface area contributed by atoms with Crippen molar-refractivity contribution in [3.63, 3.8) is 0 Å². The van der Waals surface area contributed by atoms with Crippen molar-refractivity contribution in [2.75, 3.05) is 31.5 Å². The van der Waals surface area contributed by atoms with Crippen LogP contribution in [0.1, 0.15) is 30.9 Å². The molecule has 13 heteroatoms. The van der Waals surface area contributed by atoms with Crippen molar-refractivity contribution in [1.82, 2.24) is 9.80 Å². The SMILES string of the molecule is CN(C)[C@H]1CN(C(=O)C[C@@H]2CCc3cc(C(C)(O)C(F)(F)F)ccc3N2S(=O)(=O)c2ccc(F)cc2)C[C@@H]1O. The average molecular weight is 574 g/mol. The lowest BCUT2D eigenvalue weighted by molar-refractivity contribution is -0.258. The number of aliphatic hydroxyl groups excluding tert-OH is 1. The number of β-amino-alcohol motifs (C(OH)–C–C–N with tert-alkyl or cyclic N) is 1. The number of halogens is 4. The number of fused-ring (bicyclic) bond motifs is 1. The molecule has 0 aromatic heterocycles. The maximum Gasteiger partial charge on any atom is 0.421 e. The molecule has 0 saturated carbocycles. The summed E-state index contributed by atoms with van der Waals surface area (Å²) in [5, 5.41) is 20.5. The lowest BCUT2D eigenvalue weighted by Gasteiger charge is -2.39. The van der Waals surface area contributed by atoms with Gasteiger partial charge in [0.05, 0.1) is 28.8 Å². The van der Waals surface area contributed by atoms with Crippen molar-refractivity contribution in [1.29, 1.82) is 0 Å². The minimum absolute atomic E-state index is 0.0812. The van der Waals surface area contributed by atoms with Gasteiger partial charge in [0.2, 0.25) is 5.91 Å². The van der Waals surface area contributed by atoms with Gasteiger partial charge in [0, 0.05) is 19.5 Å². The summed E-state index contributed by atoms with van der Waals surface area (Å²) in [6.07, 6.45) is -5.68. The molecule has 4 atom stereocenters. The fraction of sp³-hybridized carbons (Fsp3) is 0.500. The number of nitrogens with zero attached hydrogens (tertiary/aromatic N) is 3. The van der Waals surface area contributed by atoms with E-state index in [4.69, 9.17) is 0 Å². The van der Waals surface area contributed by atoms with Crippen LogP contribution in [0.15, 0.2) is 47.4 Å². The van der Waals surface area contributed by atoms with Gasteiger partial charge in [-0.2, -0.15) is 13.2 Å². The van der Waals surface area contributed by atoms with E-state index in [2.05, 4.69) is 0 Å². The molecule has 2 heterocycles. The van der Waals surface area contributed by atoms with Crippen molar-refractivity contribution in [2.24, 2.45) is 0 Å². The number of aliphatic hydroxyl groups is 2. The summed E-state index contributed by atoms with van der Waals surface area (Å²) in [6.45, 7) is 0.972. The Hall–Kier alpha value is -2.74. The van der Waals surface area contributed by atoms with Crippen LogP contribution in [0.25, 0.3) is 0 Å². The third kappa shape index (κ3) is 5.49. The average Bonchev–Trinajstić information content (AvgIpc) is 3.25. The summed E-state index contributed by atoms with van der Waals surface area (Å²) in [4.78, 5) is 16.3. The van der Waals surface area contributed by atoms with Crippen molar-refractivity contribution < 1.29 is 41.0 Å². The standard InChI is InChI=1S/C26H31F4N3O5S/c1-25(36,26(28,29)30)17-5-11-21-16(12-17)4-8-19(13-24(35)32-14-22(31(2)3)23(34)15-32)33(21)39(37,38)20-9-6-18(27)7-10-20/h5-7,9-12,19,22-23,34,36H,4,8,13-15H2,1-3H3/t19-,22-,23-,25?/m0/s1. The fourth-order valence-corrected chi connectivity index (χ4v) is 6.86. The molecular weight excluding hydrogens is 542 g/mol. The lowest BCUT2D eigenvalue weighted by atomic mass is 9.89. The Morgan fingerprint density at radius 1 is 1.10 bits per heavy atom. The molecule has 8 nitrogen and oxygen atoms in total. The Morgan fingerprint density at radius 3 is 2.31 bits per heavy atom. The zero-order chi connectivity index (χ0) is 28.9. The van der Waals surface area contributed by atoms with Crippen molar-refractivity contribution in [2.45, 2.75) is 61.0 Å². The van der Waals surface area contributed by atoms with Crippen LogP contribution >= 0.6 is 0 Å². The highest BCUT2D eigenvalue weighted by Crippen LogP contribution is 2.43. The zero-order valence-corrected chi connectivity index (χ0v) is 22.5. The van der Waals surface area contributed by atoms with Crippen LogP contribution in [0, 0.1) is 5.82 Å². The first-order chi connectivity index (χ1) is 18.0. The second-order valence-electron chi connectivity index (χ2n) is 10.5. The number of hydrogen-bond donors (Lipinski definition) is 2. The normalized spacial score (nSPS) is 23.6. The number of carbonyl (C=O) groups excluding carboxylic acids is 1. The van der Waals surface area contributed by atoms with Crippen LogP contribution < -0.4 is 4.31 Å². The van der Waals surface area contributed by atoms with Gasteiger partial charge in [0.25, 0.3) is 10.0 Å². The molecule has 2 aliphatic heterocycles. The molecule has 39 heavy (non-hydrogen) atoms. The smallest absolute Gasteiger partial charge is 0.390 e. The van der Waals surface area contributed by atoms with Crippen LogP contribution in [0.2, 0.25) is 0 Å². The van der Waals surface area contributed by atoms with Crippen LogP contribution in [0.3, 0.4) is 0 Å². The molecule has 1 unspecified atom stereocenters. The first-order valence-corrected chi connectivity index (χ1v) is 13.8. The van der Waals surface area contributed by atoms with E-state index in [1.165, 1.54) is 11.0 Å². The van der Waals surface area contributed by atoms with Gasteiger partial charge in [-0.1, -0.05) is 12.1 Å². The van der Waals surface area contributed by atoms with Crippen molar-refractivity contribution >= 4 is 21.6 Å². The first-order valence-electron chi connectivity index (χ1n) is 12.4. The Morgan fingerprint density at radius 2 is 1.74 bits per heavy atom. The highest BCUT2D eigenvalue weighted by Gasteiger charge is 2.51. The minimum atomic E-state index is -4.96. The number of anilines is 1. The van der Waals surface area contributed by atoms with Gasteiger partial charge in [-0.3, -0.25) is 9.10 Å². The van der Waals surface area contributed by atoms with E-state index >= 15 is 0 Å². The van der Waals surface area contributed by atoms with Gasteiger partial charge >= 0.3 is 6.18 Å². The largest absolute Gasteiger partial charge is 0.421 e. The molecule has 0 aliphatic carbocycles. The number of benzene rings is 2. The maximum atomic E-state index is 13.8. The number of likely N-dealkylation sites (tertiary alicyclic amines) is 1. The summed E-state index contributed by atoms with van der Waals surface area (Å²) in [5.74, 6) is -1.02. The maximum absolute atomic E-state index is 13.8. The van der Waals surface area contributed by atoms with Crippen molar-refractivity contribution in [3.05, 3.63) is 59.4 Å².